The number of carbonyl (C=O) groups excluding carboxylic acids is 1. The van der Waals surface area contributed by atoms with E-state index in [2.05, 4.69) is 15.6 Å². The number of aryl methyl sites for hydroxylation is 1. The summed E-state index contributed by atoms with van der Waals surface area (Å²) >= 11 is 1.62. The minimum absolute atomic E-state index is 0.147. The van der Waals surface area contributed by atoms with E-state index in [4.69, 9.17) is 9.47 Å². The molecule has 0 fully saturated rings. The number of amides is 2. The summed E-state index contributed by atoms with van der Waals surface area (Å²) < 4.78 is 10.5. The van der Waals surface area contributed by atoms with Crippen LogP contribution in [-0.2, 0) is 6.42 Å². The Kier molecular flexibility index (Phi) is 6.43. The highest BCUT2D eigenvalue weighted by atomic mass is 32.1. The van der Waals surface area contributed by atoms with Gasteiger partial charge >= 0.3 is 6.03 Å². The summed E-state index contributed by atoms with van der Waals surface area (Å²) in [6.45, 7) is 4.44. The van der Waals surface area contributed by atoms with Crippen LogP contribution in [0.3, 0.4) is 0 Å². The number of hydrogen-bond acceptors (Lipinski definition) is 5. The summed E-state index contributed by atoms with van der Waals surface area (Å²) in [7, 11) is 3.18. The predicted molar refractivity (Wildman–Crippen MR) is 95.1 cm³/mol. The number of benzene rings is 1. The molecular formula is C17H23N3O3S. The molecule has 130 valence electrons. The number of nitrogens with one attached hydrogen (secondary N) is 2. The molecule has 0 aliphatic rings. The van der Waals surface area contributed by atoms with Crippen molar-refractivity contribution in [2.45, 2.75) is 26.3 Å². The molecule has 1 aromatic carbocycles. The predicted octanol–water partition coefficient (Wildman–Crippen LogP) is 3.07. The van der Waals surface area contributed by atoms with E-state index in [0.29, 0.717) is 18.0 Å². The first-order chi connectivity index (χ1) is 11.5. The van der Waals surface area contributed by atoms with Crippen molar-refractivity contribution in [2.24, 2.45) is 0 Å². The fourth-order valence-corrected chi connectivity index (χ4v) is 2.93. The maximum atomic E-state index is 12.0. The van der Waals surface area contributed by atoms with Crippen molar-refractivity contribution in [1.82, 2.24) is 15.6 Å². The summed E-state index contributed by atoms with van der Waals surface area (Å²) in [5.74, 6) is 1.31. The molecule has 7 heteroatoms. The molecule has 1 aromatic heterocycles. The van der Waals surface area contributed by atoms with Crippen molar-refractivity contribution < 1.29 is 14.3 Å². The molecule has 0 bridgehead atoms. The molecule has 2 amide bonds. The number of methoxy groups -OCH3 is 2. The molecule has 1 atom stereocenters. The molecule has 0 saturated heterocycles. The SMILES string of the molecule is COc1ccc(C(C)NC(=O)NCCc2csc(C)n2)cc1OC. The smallest absolute Gasteiger partial charge is 0.315 e. The molecule has 0 spiro atoms. The summed E-state index contributed by atoms with van der Waals surface area (Å²) in [5.41, 5.74) is 1.95. The topological polar surface area (TPSA) is 72.5 Å². The molecule has 0 radical (unpaired) electrons. The average molecular weight is 349 g/mol. The standard InChI is InChI=1S/C17H23N3O3S/c1-11(13-5-6-15(22-3)16(9-13)23-4)19-17(21)18-8-7-14-10-24-12(2)20-14/h5-6,9-11H,7-8H2,1-4H3,(H2,18,19,21). The Hall–Kier alpha value is -2.28. The van der Waals surface area contributed by atoms with Gasteiger partial charge in [-0.1, -0.05) is 6.07 Å². The highest BCUT2D eigenvalue weighted by Crippen LogP contribution is 2.29. The summed E-state index contributed by atoms with van der Waals surface area (Å²) in [5, 5.41) is 8.82. The summed E-state index contributed by atoms with van der Waals surface area (Å²) in [4.78, 5) is 16.4. The van der Waals surface area contributed by atoms with Crippen LogP contribution in [0.1, 0.15) is 29.2 Å². The number of hydrogen-bond donors (Lipinski definition) is 2. The van der Waals surface area contributed by atoms with Crippen molar-refractivity contribution in [3.63, 3.8) is 0 Å². The highest BCUT2D eigenvalue weighted by Gasteiger charge is 2.12. The first kappa shape index (κ1) is 18.1. The lowest BCUT2D eigenvalue weighted by molar-refractivity contribution is 0.238. The Balaban J connectivity index is 1.84. The first-order valence-electron chi connectivity index (χ1n) is 7.70. The number of rotatable bonds is 7. The number of thiazole rings is 1. The maximum absolute atomic E-state index is 12.0. The van der Waals surface area contributed by atoms with E-state index in [9.17, 15) is 4.79 Å². The molecule has 2 N–H and O–H groups in total. The number of ether oxygens (including phenoxy) is 2. The lowest BCUT2D eigenvalue weighted by atomic mass is 10.1. The van der Waals surface area contributed by atoms with Gasteiger partial charge in [0, 0.05) is 18.3 Å². The molecular weight excluding hydrogens is 326 g/mol. The van der Waals surface area contributed by atoms with Crippen molar-refractivity contribution in [1.29, 1.82) is 0 Å². The van der Waals surface area contributed by atoms with Gasteiger partial charge < -0.3 is 20.1 Å². The second-order valence-corrected chi connectivity index (χ2v) is 6.41. The Labute approximate surface area is 146 Å². The molecule has 2 rings (SSSR count). The quantitative estimate of drug-likeness (QED) is 0.806. The molecule has 0 saturated carbocycles. The van der Waals surface area contributed by atoms with E-state index in [1.807, 2.05) is 37.4 Å². The third-order valence-corrected chi connectivity index (χ3v) is 4.41. The van der Waals surface area contributed by atoms with Crippen molar-refractivity contribution in [3.05, 3.63) is 39.8 Å². The third-order valence-electron chi connectivity index (χ3n) is 3.59. The van der Waals surface area contributed by atoms with Gasteiger partial charge in [0.25, 0.3) is 0 Å². The van der Waals surface area contributed by atoms with Gasteiger partial charge in [-0.2, -0.15) is 0 Å². The van der Waals surface area contributed by atoms with Crippen LogP contribution in [0.15, 0.2) is 23.6 Å². The Morgan fingerprint density at radius 3 is 2.67 bits per heavy atom. The van der Waals surface area contributed by atoms with Crippen LogP contribution >= 0.6 is 11.3 Å². The minimum atomic E-state index is -0.204. The number of aromatic nitrogens is 1. The van der Waals surface area contributed by atoms with Crippen molar-refractivity contribution >= 4 is 17.4 Å². The molecule has 0 aliphatic heterocycles. The van der Waals surface area contributed by atoms with Gasteiger partial charge in [0.1, 0.15) is 0 Å². The molecule has 6 nitrogen and oxygen atoms in total. The lowest BCUT2D eigenvalue weighted by Crippen LogP contribution is -2.38. The van der Waals surface area contributed by atoms with Gasteiger partial charge in [-0.25, -0.2) is 9.78 Å². The maximum Gasteiger partial charge on any atom is 0.315 e. The Morgan fingerprint density at radius 2 is 2.04 bits per heavy atom. The van der Waals surface area contributed by atoms with Gasteiger partial charge in [0.2, 0.25) is 0 Å². The van der Waals surface area contributed by atoms with E-state index in [-0.39, 0.29) is 12.1 Å². The van der Waals surface area contributed by atoms with Crippen LogP contribution in [0.5, 0.6) is 11.5 Å². The zero-order valence-electron chi connectivity index (χ0n) is 14.4. The van der Waals surface area contributed by atoms with Crippen LogP contribution in [0.2, 0.25) is 0 Å². The summed E-state index contributed by atoms with van der Waals surface area (Å²) in [6.07, 6.45) is 0.725. The zero-order chi connectivity index (χ0) is 17.5. The van der Waals surface area contributed by atoms with Gasteiger partial charge in [-0.3, -0.25) is 0 Å². The van der Waals surface area contributed by atoms with E-state index in [1.165, 1.54) is 0 Å². The molecule has 1 heterocycles. The molecule has 0 aliphatic carbocycles. The zero-order valence-corrected chi connectivity index (χ0v) is 15.2. The first-order valence-corrected chi connectivity index (χ1v) is 8.58. The van der Waals surface area contributed by atoms with Gasteiger partial charge in [-0.15, -0.1) is 11.3 Å². The Morgan fingerprint density at radius 1 is 1.29 bits per heavy atom. The number of carbonyl (C=O) groups is 1. The van der Waals surface area contributed by atoms with E-state index in [0.717, 1.165) is 22.7 Å². The van der Waals surface area contributed by atoms with Gasteiger partial charge in [0.15, 0.2) is 11.5 Å². The van der Waals surface area contributed by atoms with Crippen molar-refractivity contribution in [2.75, 3.05) is 20.8 Å². The number of urea groups is 1. The second kappa shape index (κ2) is 8.54. The third kappa shape index (κ3) is 4.86. The van der Waals surface area contributed by atoms with Crippen LogP contribution < -0.4 is 20.1 Å². The normalized spacial score (nSPS) is 11.7. The van der Waals surface area contributed by atoms with E-state index >= 15 is 0 Å². The molecule has 24 heavy (non-hydrogen) atoms. The van der Waals surface area contributed by atoms with Crippen molar-refractivity contribution in [3.8, 4) is 11.5 Å². The van der Waals surface area contributed by atoms with Crippen LogP contribution in [0, 0.1) is 6.92 Å². The fourth-order valence-electron chi connectivity index (χ4n) is 2.28. The van der Waals surface area contributed by atoms with Crippen LogP contribution in [0.4, 0.5) is 4.79 Å². The largest absolute Gasteiger partial charge is 0.493 e. The van der Waals surface area contributed by atoms with Crippen LogP contribution in [-0.4, -0.2) is 31.8 Å². The Bertz CT molecular complexity index is 687. The minimum Gasteiger partial charge on any atom is -0.493 e. The second-order valence-electron chi connectivity index (χ2n) is 5.34. The highest BCUT2D eigenvalue weighted by molar-refractivity contribution is 7.09. The van der Waals surface area contributed by atoms with E-state index in [1.54, 1.807) is 25.6 Å². The fraction of sp³-hybridized carbons (Fsp3) is 0.412. The lowest BCUT2D eigenvalue weighted by Gasteiger charge is -2.17. The average Bonchev–Trinajstić information content (AvgIpc) is 2.99. The molecule has 2 aromatic rings. The summed E-state index contributed by atoms with van der Waals surface area (Å²) in [6, 6.07) is 5.25. The van der Waals surface area contributed by atoms with Gasteiger partial charge in [0.05, 0.1) is 31.0 Å². The van der Waals surface area contributed by atoms with Crippen LogP contribution in [0.25, 0.3) is 0 Å². The molecule has 1 unspecified atom stereocenters. The monoisotopic (exact) mass is 349 g/mol. The van der Waals surface area contributed by atoms with E-state index < -0.39 is 0 Å². The number of nitrogens with zero attached hydrogens (tertiary/aromatic N) is 1. The van der Waals surface area contributed by atoms with Gasteiger partial charge in [-0.05, 0) is 31.5 Å².